The number of rotatable bonds is 5. The molecule has 1 rings (SSSR count). The van der Waals surface area contributed by atoms with Gasteiger partial charge >= 0.3 is 0 Å². The van der Waals surface area contributed by atoms with E-state index in [1.54, 1.807) is 18.2 Å². The third kappa shape index (κ3) is 2.94. The minimum Gasteiger partial charge on any atom is -0.329 e. The number of halogens is 2. The molecule has 0 radical (unpaired) electrons. The largest absolute Gasteiger partial charge is 0.329 e. The van der Waals surface area contributed by atoms with Gasteiger partial charge in [-0.15, -0.1) is 0 Å². The summed E-state index contributed by atoms with van der Waals surface area (Å²) in [4.78, 5) is 2.05. The van der Waals surface area contributed by atoms with E-state index in [1.807, 2.05) is 7.05 Å². The fourth-order valence-electron chi connectivity index (χ4n) is 1.83. The van der Waals surface area contributed by atoms with E-state index in [0.29, 0.717) is 12.1 Å². The Hall–Kier alpha value is -0.640. The average molecular weight is 245 g/mol. The van der Waals surface area contributed by atoms with E-state index in [4.69, 9.17) is 17.3 Å². The van der Waals surface area contributed by atoms with Crippen LogP contribution in [-0.4, -0.2) is 25.0 Å². The molecule has 16 heavy (non-hydrogen) atoms. The predicted octanol–water partition coefficient (Wildman–Crippen LogP) is 2.82. The van der Waals surface area contributed by atoms with Gasteiger partial charge in [-0.2, -0.15) is 0 Å². The second-order valence-corrected chi connectivity index (χ2v) is 4.28. The Labute approximate surface area is 101 Å². The summed E-state index contributed by atoms with van der Waals surface area (Å²) in [5.74, 6) is -0.359. The van der Waals surface area contributed by atoms with Crippen molar-refractivity contribution in [1.29, 1.82) is 0 Å². The van der Waals surface area contributed by atoms with E-state index in [9.17, 15) is 4.39 Å². The number of nitrogens with zero attached hydrogens (tertiary/aromatic N) is 1. The molecule has 0 fully saturated rings. The summed E-state index contributed by atoms with van der Waals surface area (Å²) in [6.07, 6.45) is 1.01. The van der Waals surface area contributed by atoms with Gasteiger partial charge in [0.25, 0.3) is 0 Å². The van der Waals surface area contributed by atoms with E-state index in [0.717, 1.165) is 13.0 Å². The highest BCUT2D eigenvalue weighted by molar-refractivity contribution is 6.30. The molecular formula is C12H18ClFN2. The zero-order valence-electron chi connectivity index (χ0n) is 9.71. The van der Waals surface area contributed by atoms with Gasteiger partial charge in [-0.3, -0.25) is 4.90 Å². The summed E-state index contributed by atoms with van der Waals surface area (Å²) in [5.41, 5.74) is 6.28. The highest BCUT2D eigenvalue weighted by Gasteiger charge is 2.19. The van der Waals surface area contributed by atoms with E-state index in [-0.39, 0.29) is 16.9 Å². The molecule has 0 saturated carbocycles. The first-order valence-corrected chi connectivity index (χ1v) is 5.83. The van der Waals surface area contributed by atoms with Gasteiger partial charge in [-0.05, 0) is 26.1 Å². The Morgan fingerprint density at radius 1 is 1.50 bits per heavy atom. The molecule has 1 unspecified atom stereocenters. The number of benzene rings is 1. The lowest BCUT2D eigenvalue weighted by Crippen LogP contribution is -2.31. The molecule has 0 aliphatic heterocycles. The van der Waals surface area contributed by atoms with Crippen LogP contribution in [0.5, 0.6) is 0 Å². The van der Waals surface area contributed by atoms with Crippen LogP contribution in [0.1, 0.15) is 24.9 Å². The molecule has 1 aromatic carbocycles. The summed E-state index contributed by atoms with van der Waals surface area (Å²) in [5, 5.41) is 0.154. The van der Waals surface area contributed by atoms with Crippen molar-refractivity contribution in [2.24, 2.45) is 5.73 Å². The number of likely N-dealkylation sites (N-methyl/N-ethyl adjacent to an activating group) is 1. The molecule has 0 heterocycles. The molecule has 90 valence electrons. The lowest BCUT2D eigenvalue weighted by atomic mass is 10.0. The van der Waals surface area contributed by atoms with Gasteiger partial charge in [0.1, 0.15) is 5.82 Å². The molecule has 0 bridgehead atoms. The SMILES string of the molecule is CCCN(C)C(CN)c1cccc(Cl)c1F. The molecule has 0 saturated heterocycles. The maximum atomic E-state index is 13.8. The smallest absolute Gasteiger partial charge is 0.146 e. The summed E-state index contributed by atoms with van der Waals surface area (Å²) in [7, 11) is 1.95. The summed E-state index contributed by atoms with van der Waals surface area (Å²) in [6.45, 7) is 3.35. The zero-order valence-corrected chi connectivity index (χ0v) is 10.5. The summed E-state index contributed by atoms with van der Waals surface area (Å²) in [6, 6.07) is 4.93. The van der Waals surface area contributed by atoms with Crippen molar-refractivity contribution in [3.05, 3.63) is 34.6 Å². The van der Waals surface area contributed by atoms with Crippen molar-refractivity contribution < 1.29 is 4.39 Å². The lowest BCUT2D eigenvalue weighted by molar-refractivity contribution is 0.245. The molecule has 0 amide bonds. The van der Waals surface area contributed by atoms with Crippen LogP contribution < -0.4 is 5.73 Å². The molecule has 0 aliphatic carbocycles. The molecule has 1 atom stereocenters. The molecule has 2 nitrogen and oxygen atoms in total. The van der Waals surface area contributed by atoms with Crippen LogP contribution in [0.2, 0.25) is 5.02 Å². The standard InChI is InChI=1S/C12H18ClFN2/c1-3-7-16(2)11(8-15)9-5-4-6-10(13)12(9)14/h4-6,11H,3,7-8,15H2,1-2H3. The maximum Gasteiger partial charge on any atom is 0.146 e. The first-order valence-electron chi connectivity index (χ1n) is 5.46. The van der Waals surface area contributed by atoms with Crippen molar-refractivity contribution in [3.63, 3.8) is 0 Å². The van der Waals surface area contributed by atoms with Gasteiger partial charge in [0.05, 0.1) is 5.02 Å². The van der Waals surface area contributed by atoms with Gasteiger partial charge in [0.15, 0.2) is 0 Å². The second-order valence-electron chi connectivity index (χ2n) is 3.88. The van der Waals surface area contributed by atoms with Crippen LogP contribution in [0, 0.1) is 5.82 Å². The minimum absolute atomic E-state index is 0.112. The molecule has 0 aliphatic rings. The Balaban J connectivity index is 2.99. The van der Waals surface area contributed by atoms with Crippen molar-refractivity contribution >= 4 is 11.6 Å². The molecule has 0 aromatic heterocycles. The van der Waals surface area contributed by atoms with E-state index in [1.165, 1.54) is 0 Å². The van der Waals surface area contributed by atoms with Gasteiger partial charge in [-0.1, -0.05) is 30.7 Å². The monoisotopic (exact) mass is 244 g/mol. The highest BCUT2D eigenvalue weighted by atomic mass is 35.5. The van der Waals surface area contributed by atoms with Crippen molar-refractivity contribution in [3.8, 4) is 0 Å². The van der Waals surface area contributed by atoms with Crippen LogP contribution in [-0.2, 0) is 0 Å². The Morgan fingerprint density at radius 3 is 2.75 bits per heavy atom. The topological polar surface area (TPSA) is 29.3 Å². The molecule has 2 N–H and O–H groups in total. The first kappa shape index (κ1) is 13.4. The fourth-order valence-corrected chi connectivity index (χ4v) is 2.01. The predicted molar refractivity (Wildman–Crippen MR) is 66.1 cm³/mol. The van der Waals surface area contributed by atoms with Gasteiger partial charge in [0, 0.05) is 18.2 Å². The van der Waals surface area contributed by atoms with Gasteiger partial charge < -0.3 is 5.73 Å². The number of hydrogen-bond donors (Lipinski definition) is 1. The van der Waals surface area contributed by atoms with Crippen molar-refractivity contribution in [1.82, 2.24) is 4.90 Å². The van der Waals surface area contributed by atoms with E-state index in [2.05, 4.69) is 11.8 Å². The average Bonchev–Trinajstić information content (AvgIpc) is 2.25. The third-order valence-corrected chi connectivity index (χ3v) is 2.96. The van der Waals surface area contributed by atoms with Gasteiger partial charge in [-0.25, -0.2) is 4.39 Å². The minimum atomic E-state index is -0.359. The van der Waals surface area contributed by atoms with Crippen molar-refractivity contribution in [2.75, 3.05) is 20.1 Å². The summed E-state index contributed by atoms with van der Waals surface area (Å²) < 4.78 is 13.8. The molecule has 1 aromatic rings. The van der Waals surface area contributed by atoms with Crippen LogP contribution in [0.25, 0.3) is 0 Å². The number of nitrogens with two attached hydrogens (primary N) is 1. The Bertz CT molecular complexity index is 344. The number of hydrogen-bond acceptors (Lipinski definition) is 2. The van der Waals surface area contributed by atoms with Crippen LogP contribution in [0.3, 0.4) is 0 Å². The van der Waals surface area contributed by atoms with Crippen LogP contribution in [0.4, 0.5) is 4.39 Å². The quantitative estimate of drug-likeness (QED) is 0.863. The molecule has 0 spiro atoms. The van der Waals surface area contributed by atoms with E-state index < -0.39 is 0 Å². The Kier molecular flexibility index (Phi) is 5.19. The highest BCUT2D eigenvalue weighted by Crippen LogP contribution is 2.26. The molecular weight excluding hydrogens is 227 g/mol. The first-order chi connectivity index (χ1) is 7.61. The summed E-state index contributed by atoms with van der Waals surface area (Å²) >= 11 is 5.76. The van der Waals surface area contributed by atoms with Gasteiger partial charge in [0.2, 0.25) is 0 Å². The fraction of sp³-hybridized carbons (Fsp3) is 0.500. The van der Waals surface area contributed by atoms with Crippen molar-refractivity contribution in [2.45, 2.75) is 19.4 Å². The van der Waals surface area contributed by atoms with Crippen LogP contribution in [0.15, 0.2) is 18.2 Å². The maximum absolute atomic E-state index is 13.8. The van der Waals surface area contributed by atoms with E-state index >= 15 is 0 Å². The second kappa shape index (κ2) is 6.18. The third-order valence-electron chi connectivity index (χ3n) is 2.67. The zero-order chi connectivity index (χ0) is 12.1. The lowest BCUT2D eigenvalue weighted by Gasteiger charge is -2.27. The molecule has 4 heteroatoms. The Morgan fingerprint density at radius 2 is 2.19 bits per heavy atom. The van der Waals surface area contributed by atoms with Crippen LogP contribution >= 0.6 is 11.6 Å². The normalized spacial score (nSPS) is 13.1.